The van der Waals surface area contributed by atoms with Crippen molar-refractivity contribution in [3.05, 3.63) is 134 Å². The van der Waals surface area contributed by atoms with Crippen LogP contribution in [0.2, 0.25) is 0 Å². The van der Waals surface area contributed by atoms with E-state index in [1.807, 2.05) is 0 Å². The van der Waals surface area contributed by atoms with Crippen molar-refractivity contribution in [3.8, 4) is 0 Å². The van der Waals surface area contributed by atoms with Gasteiger partial charge in [-0.05, 0) is 116 Å². The molecule has 0 aliphatic carbocycles. The van der Waals surface area contributed by atoms with Crippen LogP contribution in [0.5, 0.6) is 0 Å². The third-order valence-electron chi connectivity index (χ3n) is 11.9. The highest BCUT2D eigenvalue weighted by atomic mass is 16.6. The smallest absolute Gasteiger partial charge is 0.306 e. The summed E-state index contributed by atoms with van der Waals surface area (Å²) in [7, 11) is 0. The minimum absolute atomic E-state index is 0.0986. The van der Waals surface area contributed by atoms with Crippen LogP contribution in [0.25, 0.3) is 0 Å². The van der Waals surface area contributed by atoms with E-state index in [-0.39, 0.29) is 37.5 Å². The number of unbranched alkanes of at least 4 members (excludes halogenated alkanes) is 18. The van der Waals surface area contributed by atoms with E-state index in [4.69, 9.17) is 14.2 Å². The Kier molecular flexibility index (Phi) is 55.5. The predicted molar refractivity (Wildman–Crippen MR) is 311 cm³/mol. The van der Waals surface area contributed by atoms with Crippen molar-refractivity contribution in [1.82, 2.24) is 0 Å². The molecule has 0 spiro atoms. The summed E-state index contributed by atoms with van der Waals surface area (Å²) in [6, 6.07) is 0. The van der Waals surface area contributed by atoms with Gasteiger partial charge in [-0.2, -0.15) is 0 Å². The number of esters is 3. The molecule has 406 valence electrons. The van der Waals surface area contributed by atoms with E-state index >= 15 is 0 Å². The highest BCUT2D eigenvalue weighted by molar-refractivity contribution is 5.71. The number of allylic oxidation sites excluding steroid dienone is 22. The van der Waals surface area contributed by atoms with Crippen molar-refractivity contribution in [1.29, 1.82) is 0 Å². The second kappa shape index (κ2) is 59.1. The molecule has 1 atom stereocenters. The molecule has 0 amide bonds. The van der Waals surface area contributed by atoms with Crippen LogP contribution in [0.4, 0.5) is 0 Å². The largest absolute Gasteiger partial charge is 0.462 e. The molecule has 0 aromatic carbocycles. The Morgan fingerprint density at radius 3 is 0.875 bits per heavy atom. The third-order valence-corrected chi connectivity index (χ3v) is 11.9. The van der Waals surface area contributed by atoms with Crippen LogP contribution in [0, 0.1) is 0 Å². The van der Waals surface area contributed by atoms with Gasteiger partial charge < -0.3 is 14.2 Å². The lowest BCUT2D eigenvalue weighted by Crippen LogP contribution is -2.30. The maximum absolute atomic E-state index is 12.8. The number of carbonyl (C=O) groups excluding carboxylic acids is 3. The third kappa shape index (κ3) is 56.5. The normalized spacial score (nSPS) is 13.1. The van der Waals surface area contributed by atoms with Gasteiger partial charge in [-0.25, -0.2) is 0 Å². The summed E-state index contributed by atoms with van der Waals surface area (Å²) in [5.41, 5.74) is 0. The quantitative estimate of drug-likeness (QED) is 0.0261. The Hall–Kier alpha value is -4.45. The van der Waals surface area contributed by atoms with Crippen molar-refractivity contribution >= 4 is 17.9 Å². The molecule has 0 fully saturated rings. The molecule has 1 unspecified atom stereocenters. The first-order valence-corrected chi connectivity index (χ1v) is 29.2. The Balaban J connectivity index is 4.22. The van der Waals surface area contributed by atoms with Crippen molar-refractivity contribution in [2.24, 2.45) is 0 Å². The molecule has 0 N–H and O–H groups in total. The lowest BCUT2D eigenvalue weighted by Gasteiger charge is -2.18. The van der Waals surface area contributed by atoms with Gasteiger partial charge in [0.2, 0.25) is 0 Å². The molecule has 0 heterocycles. The fourth-order valence-corrected chi connectivity index (χ4v) is 7.59. The SMILES string of the molecule is CC/C=C\C/C=C\C/C=C\C/C=C\C/C=C\C/C=C\C/C=C\CCCCCCCCCCCC(=O)OCC(COC(=O)CCCCCCCCCC)OC(=O)CCCC/C=C\C/C=C\C/C=C\C/C=C\CC. The molecule has 0 aromatic heterocycles. The van der Waals surface area contributed by atoms with Gasteiger partial charge in [0.25, 0.3) is 0 Å². The molecule has 0 aliphatic heterocycles. The van der Waals surface area contributed by atoms with Gasteiger partial charge in [-0.15, -0.1) is 0 Å². The highest BCUT2D eigenvalue weighted by Gasteiger charge is 2.19. The Morgan fingerprint density at radius 2 is 0.542 bits per heavy atom. The molecular weight excluding hydrogens is 889 g/mol. The first-order valence-electron chi connectivity index (χ1n) is 29.2. The van der Waals surface area contributed by atoms with Crippen molar-refractivity contribution in [3.63, 3.8) is 0 Å². The van der Waals surface area contributed by atoms with E-state index < -0.39 is 6.10 Å². The van der Waals surface area contributed by atoms with Crippen LogP contribution in [0.1, 0.15) is 245 Å². The predicted octanol–water partition coefficient (Wildman–Crippen LogP) is 19.8. The number of hydrogen-bond donors (Lipinski definition) is 0. The van der Waals surface area contributed by atoms with Gasteiger partial charge in [0, 0.05) is 19.3 Å². The van der Waals surface area contributed by atoms with E-state index in [1.54, 1.807) is 0 Å². The van der Waals surface area contributed by atoms with Gasteiger partial charge in [0.05, 0.1) is 0 Å². The number of ether oxygens (including phenoxy) is 3. The summed E-state index contributed by atoms with van der Waals surface area (Å²) in [4.78, 5) is 38.0. The van der Waals surface area contributed by atoms with Crippen LogP contribution in [-0.4, -0.2) is 37.2 Å². The zero-order valence-electron chi connectivity index (χ0n) is 46.4. The molecule has 0 aromatic rings. The average molecular weight is 996 g/mol. The molecule has 0 aliphatic rings. The van der Waals surface area contributed by atoms with Crippen LogP contribution < -0.4 is 0 Å². The lowest BCUT2D eigenvalue weighted by molar-refractivity contribution is -0.167. The average Bonchev–Trinajstić information content (AvgIpc) is 3.38. The first-order chi connectivity index (χ1) is 35.5. The van der Waals surface area contributed by atoms with E-state index in [1.165, 1.54) is 70.6 Å². The summed E-state index contributed by atoms with van der Waals surface area (Å²) < 4.78 is 16.7. The van der Waals surface area contributed by atoms with E-state index in [0.29, 0.717) is 19.3 Å². The lowest BCUT2D eigenvalue weighted by atomic mass is 10.1. The minimum Gasteiger partial charge on any atom is -0.462 e. The highest BCUT2D eigenvalue weighted by Crippen LogP contribution is 2.14. The maximum Gasteiger partial charge on any atom is 0.306 e. The number of carbonyl (C=O) groups is 3. The summed E-state index contributed by atoms with van der Waals surface area (Å²) in [6.45, 7) is 6.33. The van der Waals surface area contributed by atoms with Gasteiger partial charge >= 0.3 is 17.9 Å². The summed E-state index contributed by atoms with van der Waals surface area (Å²) >= 11 is 0. The minimum atomic E-state index is -0.803. The fraction of sp³-hybridized carbons (Fsp3) is 0.621. The van der Waals surface area contributed by atoms with Crippen LogP contribution >= 0.6 is 0 Å². The van der Waals surface area contributed by atoms with Crippen molar-refractivity contribution < 1.29 is 28.6 Å². The second-order valence-electron chi connectivity index (χ2n) is 18.8. The molecule has 6 heteroatoms. The van der Waals surface area contributed by atoms with Crippen molar-refractivity contribution in [2.45, 2.75) is 252 Å². The van der Waals surface area contributed by atoms with Gasteiger partial charge in [0.15, 0.2) is 6.10 Å². The maximum atomic E-state index is 12.8. The van der Waals surface area contributed by atoms with E-state index in [0.717, 1.165) is 128 Å². The van der Waals surface area contributed by atoms with Crippen molar-refractivity contribution in [2.75, 3.05) is 13.2 Å². The van der Waals surface area contributed by atoms with Gasteiger partial charge in [0.1, 0.15) is 13.2 Å². The first kappa shape index (κ1) is 67.5. The summed E-state index contributed by atoms with van der Waals surface area (Å²) in [5.74, 6) is -0.956. The topological polar surface area (TPSA) is 78.9 Å². The standard InChI is InChI=1S/C66H106O6/c1-4-7-10-13-16-19-21-23-25-26-27-28-29-30-31-32-33-34-35-36-37-38-39-40-42-43-45-47-50-53-56-59-65(68)71-62-63(61-70-64(67)58-55-52-49-18-15-12-9-6-3)72-66(69)60-57-54-51-48-46-44-41-24-22-20-17-14-11-8-5-2/h7-8,10-11,16-17,19-20,23-25,27-28,30-31,33-34,36-37,41,46,48,63H,4-6,9,12-15,18,21-22,26,29,32,35,38-40,42-45,47,49-62H2,1-3H3/b10-7-,11-8-,19-16-,20-17-,25-23-,28-27-,31-30-,34-33-,37-36-,41-24-,48-46-. The van der Waals surface area contributed by atoms with E-state index in [2.05, 4.69) is 154 Å². The summed E-state index contributed by atoms with van der Waals surface area (Å²) in [5, 5.41) is 0. The fourth-order valence-electron chi connectivity index (χ4n) is 7.59. The molecular formula is C66H106O6. The number of hydrogen-bond acceptors (Lipinski definition) is 6. The Labute approximate surface area is 443 Å². The Morgan fingerprint density at radius 1 is 0.292 bits per heavy atom. The molecule has 72 heavy (non-hydrogen) atoms. The molecule has 0 bridgehead atoms. The van der Waals surface area contributed by atoms with Crippen LogP contribution in [-0.2, 0) is 28.6 Å². The number of rotatable bonds is 51. The monoisotopic (exact) mass is 995 g/mol. The second-order valence-corrected chi connectivity index (χ2v) is 18.8. The molecule has 0 radical (unpaired) electrons. The molecule has 6 nitrogen and oxygen atoms in total. The zero-order chi connectivity index (χ0) is 52.2. The van der Waals surface area contributed by atoms with E-state index in [9.17, 15) is 14.4 Å². The van der Waals surface area contributed by atoms with Crippen LogP contribution in [0.3, 0.4) is 0 Å². The van der Waals surface area contributed by atoms with Gasteiger partial charge in [-0.1, -0.05) is 244 Å². The summed E-state index contributed by atoms with van der Waals surface area (Å²) in [6.07, 6.45) is 83.3. The molecule has 0 saturated carbocycles. The van der Waals surface area contributed by atoms with Crippen LogP contribution in [0.15, 0.2) is 134 Å². The van der Waals surface area contributed by atoms with Gasteiger partial charge in [-0.3, -0.25) is 14.4 Å². The Bertz CT molecular complexity index is 1560. The molecule has 0 rings (SSSR count). The zero-order valence-corrected chi connectivity index (χ0v) is 46.4. The molecule has 0 saturated heterocycles.